The van der Waals surface area contributed by atoms with Crippen molar-refractivity contribution < 1.29 is 0 Å². The maximum absolute atomic E-state index is 6.04. The van der Waals surface area contributed by atoms with Gasteiger partial charge in [-0.25, -0.2) is 9.97 Å². The van der Waals surface area contributed by atoms with Crippen LogP contribution in [0.5, 0.6) is 0 Å². The zero-order valence-electron chi connectivity index (χ0n) is 9.05. The Morgan fingerprint density at radius 1 is 1.20 bits per heavy atom. The molecule has 4 nitrogen and oxygen atoms in total. The summed E-state index contributed by atoms with van der Waals surface area (Å²) >= 11 is 6.04. The van der Waals surface area contributed by atoms with Gasteiger partial charge in [0, 0.05) is 31.7 Å². The normalized spacial score (nSPS) is 16.9. The first-order valence-corrected chi connectivity index (χ1v) is 5.52. The second-order valence-corrected chi connectivity index (χ2v) is 4.11. The Morgan fingerprint density at radius 2 is 1.87 bits per heavy atom. The monoisotopic (exact) mass is 226 g/mol. The van der Waals surface area contributed by atoms with E-state index in [9.17, 15) is 0 Å². The van der Waals surface area contributed by atoms with Crippen LogP contribution in [0.2, 0.25) is 5.15 Å². The van der Waals surface area contributed by atoms with E-state index in [1.807, 2.05) is 13.8 Å². The van der Waals surface area contributed by atoms with Crippen LogP contribution in [-0.2, 0) is 0 Å². The summed E-state index contributed by atoms with van der Waals surface area (Å²) < 4.78 is 0. The third-order valence-electron chi connectivity index (χ3n) is 2.59. The van der Waals surface area contributed by atoms with Crippen molar-refractivity contribution in [1.82, 2.24) is 15.3 Å². The Balaban J connectivity index is 2.33. The standard InChI is InChI=1S/C10H15ClN4/c1-7-9(11)13-8(2)14-10(7)15-5-3-12-4-6-15/h12H,3-6H2,1-2H3. The summed E-state index contributed by atoms with van der Waals surface area (Å²) in [6, 6.07) is 0. The summed E-state index contributed by atoms with van der Waals surface area (Å²) in [5.74, 6) is 1.72. The van der Waals surface area contributed by atoms with Crippen molar-refractivity contribution in [2.24, 2.45) is 0 Å². The van der Waals surface area contributed by atoms with Crippen molar-refractivity contribution in [3.8, 4) is 0 Å². The second kappa shape index (κ2) is 4.33. The van der Waals surface area contributed by atoms with Crippen molar-refractivity contribution in [1.29, 1.82) is 0 Å². The summed E-state index contributed by atoms with van der Waals surface area (Å²) in [7, 11) is 0. The van der Waals surface area contributed by atoms with Crippen molar-refractivity contribution in [2.45, 2.75) is 13.8 Å². The molecule has 82 valence electrons. The van der Waals surface area contributed by atoms with Crippen LogP contribution in [0.1, 0.15) is 11.4 Å². The third kappa shape index (κ3) is 2.21. The van der Waals surface area contributed by atoms with Crippen LogP contribution in [0.25, 0.3) is 0 Å². The number of hydrogen-bond donors (Lipinski definition) is 1. The van der Waals surface area contributed by atoms with Crippen LogP contribution in [0, 0.1) is 13.8 Å². The highest BCUT2D eigenvalue weighted by Crippen LogP contribution is 2.23. The lowest BCUT2D eigenvalue weighted by atomic mass is 10.3. The Morgan fingerprint density at radius 3 is 2.53 bits per heavy atom. The molecule has 1 aliphatic rings. The zero-order chi connectivity index (χ0) is 10.8. The summed E-state index contributed by atoms with van der Waals surface area (Å²) in [6.45, 7) is 7.80. The highest BCUT2D eigenvalue weighted by Gasteiger charge is 2.16. The molecule has 15 heavy (non-hydrogen) atoms. The average Bonchev–Trinajstić information content (AvgIpc) is 2.24. The smallest absolute Gasteiger partial charge is 0.137 e. The number of aromatic nitrogens is 2. The summed E-state index contributed by atoms with van der Waals surface area (Å²) in [5.41, 5.74) is 0.976. The van der Waals surface area contributed by atoms with Gasteiger partial charge in [-0.2, -0.15) is 0 Å². The molecule has 0 radical (unpaired) electrons. The molecule has 0 amide bonds. The summed E-state index contributed by atoms with van der Waals surface area (Å²) in [5, 5.41) is 3.88. The fourth-order valence-electron chi connectivity index (χ4n) is 1.76. The van der Waals surface area contributed by atoms with Crippen molar-refractivity contribution >= 4 is 17.4 Å². The van der Waals surface area contributed by atoms with E-state index in [1.54, 1.807) is 0 Å². The summed E-state index contributed by atoms with van der Waals surface area (Å²) in [4.78, 5) is 10.9. The number of rotatable bonds is 1. The van der Waals surface area contributed by atoms with Crippen LogP contribution in [0.3, 0.4) is 0 Å². The minimum atomic E-state index is 0.566. The van der Waals surface area contributed by atoms with Gasteiger partial charge in [0.25, 0.3) is 0 Å². The molecule has 2 rings (SSSR count). The van der Waals surface area contributed by atoms with E-state index in [0.29, 0.717) is 5.15 Å². The molecule has 0 saturated carbocycles. The van der Waals surface area contributed by atoms with Crippen LogP contribution in [-0.4, -0.2) is 36.1 Å². The molecule has 1 aromatic heterocycles. The van der Waals surface area contributed by atoms with Crippen molar-refractivity contribution in [3.05, 3.63) is 16.5 Å². The minimum absolute atomic E-state index is 0.566. The number of aryl methyl sites for hydroxylation is 1. The maximum atomic E-state index is 6.04. The number of nitrogens with one attached hydrogen (secondary N) is 1. The Hall–Kier alpha value is -0.870. The van der Waals surface area contributed by atoms with Crippen LogP contribution in [0.4, 0.5) is 5.82 Å². The largest absolute Gasteiger partial charge is 0.354 e. The molecule has 2 heterocycles. The second-order valence-electron chi connectivity index (χ2n) is 3.75. The minimum Gasteiger partial charge on any atom is -0.354 e. The molecule has 0 unspecified atom stereocenters. The predicted molar refractivity (Wildman–Crippen MR) is 61.6 cm³/mol. The molecule has 1 saturated heterocycles. The topological polar surface area (TPSA) is 41.1 Å². The van der Waals surface area contributed by atoms with Gasteiger partial charge in [-0.3, -0.25) is 0 Å². The molecule has 0 bridgehead atoms. The lowest BCUT2D eigenvalue weighted by molar-refractivity contribution is 0.583. The third-order valence-corrected chi connectivity index (χ3v) is 2.96. The lowest BCUT2D eigenvalue weighted by Crippen LogP contribution is -2.44. The van der Waals surface area contributed by atoms with E-state index in [1.165, 1.54) is 0 Å². The van der Waals surface area contributed by atoms with Gasteiger partial charge in [0.15, 0.2) is 0 Å². The van der Waals surface area contributed by atoms with E-state index < -0.39 is 0 Å². The lowest BCUT2D eigenvalue weighted by Gasteiger charge is -2.29. The molecule has 0 atom stereocenters. The van der Waals surface area contributed by atoms with Gasteiger partial charge in [0.1, 0.15) is 16.8 Å². The van der Waals surface area contributed by atoms with E-state index in [0.717, 1.165) is 43.4 Å². The highest BCUT2D eigenvalue weighted by molar-refractivity contribution is 6.30. The predicted octanol–water partition coefficient (Wildman–Crippen LogP) is 1.16. The van der Waals surface area contributed by atoms with Gasteiger partial charge in [0.05, 0.1) is 0 Å². The number of nitrogens with zero attached hydrogens (tertiary/aromatic N) is 3. The highest BCUT2D eigenvalue weighted by atomic mass is 35.5. The molecular formula is C10H15ClN4. The zero-order valence-corrected chi connectivity index (χ0v) is 9.80. The fourth-order valence-corrected chi connectivity index (χ4v) is 1.97. The van der Waals surface area contributed by atoms with Gasteiger partial charge >= 0.3 is 0 Å². The van der Waals surface area contributed by atoms with Gasteiger partial charge in [-0.15, -0.1) is 0 Å². The Kier molecular flexibility index (Phi) is 3.07. The molecular weight excluding hydrogens is 212 g/mol. The average molecular weight is 227 g/mol. The van der Waals surface area contributed by atoms with Gasteiger partial charge in [-0.05, 0) is 13.8 Å². The van der Waals surface area contributed by atoms with E-state index in [-0.39, 0.29) is 0 Å². The molecule has 0 aliphatic carbocycles. The fraction of sp³-hybridized carbons (Fsp3) is 0.600. The first-order chi connectivity index (χ1) is 7.18. The number of anilines is 1. The Bertz CT molecular complexity index is 361. The SMILES string of the molecule is Cc1nc(Cl)c(C)c(N2CCNCC2)n1. The molecule has 1 aliphatic heterocycles. The van der Waals surface area contributed by atoms with E-state index in [4.69, 9.17) is 11.6 Å². The van der Waals surface area contributed by atoms with Crippen molar-refractivity contribution in [3.63, 3.8) is 0 Å². The molecule has 0 aromatic carbocycles. The number of hydrogen-bond acceptors (Lipinski definition) is 4. The van der Waals surface area contributed by atoms with Crippen LogP contribution < -0.4 is 10.2 Å². The van der Waals surface area contributed by atoms with E-state index in [2.05, 4.69) is 20.2 Å². The Labute approximate surface area is 94.7 Å². The van der Waals surface area contributed by atoms with Gasteiger partial charge in [0.2, 0.25) is 0 Å². The van der Waals surface area contributed by atoms with Gasteiger partial charge in [-0.1, -0.05) is 11.6 Å². The van der Waals surface area contributed by atoms with Crippen LogP contribution in [0.15, 0.2) is 0 Å². The summed E-state index contributed by atoms with van der Waals surface area (Å²) in [6.07, 6.45) is 0. The number of halogens is 1. The molecule has 1 fully saturated rings. The van der Waals surface area contributed by atoms with E-state index >= 15 is 0 Å². The molecule has 1 aromatic rings. The maximum Gasteiger partial charge on any atom is 0.137 e. The first-order valence-electron chi connectivity index (χ1n) is 5.15. The quantitative estimate of drug-likeness (QED) is 0.730. The van der Waals surface area contributed by atoms with Crippen LogP contribution >= 0.6 is 11.6 Å². The van der Waals surface area contributed by atoms with Crippen molar-refractivity contribution in [2.75, 3.05) is 31.1 Å². The number of piperazine rings is 1. The van der Waals surface area contributed by atoms with Gasteiger partial charge < -0.3 is 10.2 Å². The first kappa shape index (κ1) is 10.6. The molecule has 0 spiro atoms. The molecule has 5 heteroatoms. The molecule has 1 N–H and O–H groups in total.